The number of hydrogen-bond acceptors (Lipinski definition) is 4. The first-order valence-electron chi connectivity index (χ1n) is 6.16. The van der Waals surface area contributed by atoms with Crippen molar-refractivity contribution in [1.29, 1.82) is 0 Å². The maximum atomic E-state index is 11.7. The van der Waals surface area contributed by atoms with Crippen molar-refractivity contribution in [2.24, 2.45) is 0 Å². The highest BCUT2D eigenvalue weighted by atomic mass is 16.3. The van der Waals surface area contributed by atoms with Crippen LogP contribution in [0.15, 0.2) is 41.0 Å². The van der Waals surface area contributed by atoms with Gasteiger partial charge in [0.2, 0.25) is 5.91 Å². The van der Waals surface area contributed by atoms with Crippen LogP contribution in [0.1, 0.15) is 21.9 Å². The molecule has 0 fully saturated rings. The van der Waals surface area contributed by atoms with E-state index in [0.717, 1.165) is 0 Å². The Balaban J connectivity index is 1.74. The van der Waals surface area contributed by atoms with Gasteiger partial charge in [0, 0.05) is 12.5 Å². The lowest BCUT2D eigenvalue weighted by atomic mass is 10.2. The van der Waals surface area contributed by atoms with E-state index in [9.17, 15) is 9.59 Å². The van der Waals surface area contributed by atoms with Gasteiger partial charge in [-0.1, -0.05) is 18.2 Å². The van der Waals surface area contributed by atoms with Crippen LogP contribution in [0.3, 0.4) is 0 Å². The molecular formula is C14H15N3O3. The zero-order chi connectivity index (χ0) is 14.4. The first-order valence-corrected chi connectivity index (χ1v) is 6.16. The summed E-state index contributed by atoms with van der Waals surface area (Å²) in [5, 5.41) is 5.19. The van der Waals surface area contributed by atoms with E-state index in [1.165, 1.54) is 6.26 Å². The van der Waals surface area contributed by atoms with Crippen LogP contribution >= 0.6 is 0 Å². The van der Waals surface area contributed by atoms with E-state index in [1.807, 2.05) is 6.07 Å². The summed E-state index contributed by atoms with van der Waals surface area (Å²) in [6.45, 7) is 1.92. The van der Waals surface area contributed by atoms with Crippen molar-refractivity contribution >= 4 is 11.8 Å². The summed E-state index contributed by atoms with van der Waals surface area (Å²) < 4.78 is 5.02. The van der Waals surface area contributed by atoms with Crippen LogP contribution in [-0.4, -0.2) is 23.3 Å². The van der Waals surface area contributed by atoms with Gasteiger partial charge in [-0.05, 0) is 12.1 Å². The number of nitrogens with zero attached hydrogens (tertiary/aromatic N) is 1. The molecule has 0 unspecified atom stereocenters. The maximum absolute atomic E-state index is 11.7. The predicted octanol–water partition coefficient (Wildman–Crippen LogP) is 1.03. The molecule has 6 nitrogen and oxygen atoms in total. The van der Waals surface area contributed by atoms with E-state index in [-0.39, 0.29) is 24.9 Å². The Hall–Kier alpha value is -2.63. The molecule has 0 saturated heterocycles. The molecule has 0 aliphatic heterocycles. The molecule has 2 amide bonds. The smallest absolute Gasteiger partial charge is 0.251 e. The molecule has 104 valence electrons. The van der Waals surface area contributed by atoms with Gasteiger partial charge in [-0.3, -0.25) is 9.59 Å². The van der Waals surface area contributed by atoms with Crippen molar-refractivity contribution < 1.29 is 14.0 Å². The van der Waals surface area contributed by atoms with Crippen molar-refractivity contribution in [3.8, 4) is 0 Å². The van der Waals surface area contributed by atoms with Crippen LogP contribution in [0, 0.1) is 6.92 Å². The van der Waals surface area contributed by atoms with Gasteiger partial charge in [0.1, 0.15) is 6.26 Å². The molecule has 0 spiro atoms. The number of aryl methyl sites for hydroxylation is 1. The second-order valence-electron chi connectivity index (χ2n) is 4.18. The number of amides is 2. The second-order valence-corrected chi connectivity index (χ2v) is 4.18. The lowest BCUT2D eigenvalue weighted by molar-refractivity contribution is -0.120. The number of nitrogens with one attached hydrogen (secondary N) is 2. The Kier molecular flexibility index (Phi) is 4.49. The van der Waals surface area contributed by atoms with E-state index in [2.05, 4.69) is 15.6 Å². The molecule has 1 aromatic carbocycles. The molecule has 0 atom stereocenters. The highest BCUT2D eigenvalue weighted by Gasteiger charge is 2.08. The predicted molar refractivity (Wildman–Crippen MR) is 71.9 cm³/mol. The topological polar surface area (TPSA) is 84.2 Å². The first-order chi connectivity index (χ1) is 9.65. The van der Waals surface area contributed by atoms with Crippen LogP contribution in [-0.2, 0) is 11.3 Å². The van der Waals surface area contributed by atoms with Crippen LogP contribution in [0.5, 0.6) is 0 Å². The third kappa shape index (κ3) is 3.94. The first kappa shape index (κ1) is 13.8. The lowest BCUT2D eigenvalue weighted by Crippen LogP contribution is -2.36. The fraction of sp³-hybridized carbons (Fsp3) is 0.214. The second kappa shape index (κ2) is 6.51. The molecule has 0 radical (unpaired) electrons. The van der Waals surface area contributed by atoms with Gasteiger partial charge in [-0.2, -0.15) is 0 Å². The molecular weight excluding hydrogens is 258 g/mol. The monoisotopic (exact) mass is 273 g/mol. The van der Waals surface area contributed by atoms with Gasteiger partial charge in [0.05, 0.1) is 18.8 Å². The van der Waals surface area contributed by atoms with Crippen molar-refractivity contribution in [2.45, 2.75) is 13.5 Å². The Bertz CT molecular complexity index is 593. The van der Waals surface area contributed by atoms with Crippen LogP contribution in [0.4, 0.5) is 0 Å². The van der Waals surface area contributed by atoms with Gasteiger partial charge in [-0.25, -0.2) is 4.98 Å². The van der Waals surface area contributed by atoms with E-state index in [1.54, 1.807) is 31.2 Å². The average Bonchev–Trinajstić information content (AvgIpc) is 2.89. The highest BCUT2D eigenvalue weighted by molar-refractivity contribution is 5.96. The Morgan fingerprint density at radius 2 is 1.95 bits per heavy atom. The fourth-order valence-corrected chi connectivity index (χ4v) is 1.59. The van der Waals surface area contributed by atoms with Gasteiger partial charge in [0.15, 0.2) is 5.89 Å². The largest absolute Gasteiger partial charge is 0.449 e. The number of benzene rings is 1. The molecule has 2 rings (SSSR count). The van der Waals surface area contributed by atoms with Crippen molar-refractivity contribution in [1.82, 2.24) is 15.6 Å². The molecule has 1 heterocycles. The van der Waals surface area contributed by atoms with E-state index in [0.29, 0.717) is 17.1 Å². The quantitative estimate of drug-likeness (QED) is 0.852. The molecule has 0 bridgehead atoms. The van der Waals surface area contributed by atoms with E-state index >= 15 is 0 Å². The third-order valence-corrected chi connectivity index (χ3v) is 2.58. The van der Waals surface area contributed by atoms with Crippen LogP contribution < -0.4 is 10.6 Å². The minimum Gasteiger partial charge on any atom is -0.449 e. The molecule has 0 aliphatic carbocycles. The lowest BCUT2D eigenvalue weighted by Gasteiger charge is -2.05. The van der Waals surface area contributed by atoms with Crippen molar-refractivity contribution in [3.05, 3.63) is 53.7 Å². The van der Waals surface area contributed by atoms with Gasteiger partial charge >= 0.3 is 0 Å². The number of hydrogen-bond donors (Lipinski definition) is 2. The maximum Gasteiger partial charge on any atom is 0.251 e. The minimum absolute atomic E-state index is 0.0788. The zero-order valence-corrected chi connectivity index (χ0v) is 11.1. The Morgan fingerprint density at radius 3 is 2.60 bits per heavy atom. The fourth-order valence-electron chi connectivity index (χ4n) is 1.59. The summed E-state index contributed by atoms with van der Waals surface area (Å²) in [6, 6.07) is 8.73. The van der Waals surface area contributed by atoms with Gasteiger partial charge < -0.3 is 15.1 Å². The normalized spacial score (nSPS) is 10.1. The summed E-state index contributed by atoms with van der Waals surface area (Å²) in [5.74, 6) is -0.0143. The summed E-state index contributed by atoms with van der Waals surface area (Å²) in [7, 11) is 0. The van der Waals surface area contributed by atoms with E-state index < -0.39 is 0 Å². The summed E-state index contributed by atoms with van der Waals surface area (Å²) in [5.41, 5.74) is 1.16. The molecule has 0 aliphatic rings. The average molecular weight is 273 g/mol. The number of carbonyl (C=O) groups excluding carboxylic acids is 2. The van der Waals surface area contributed by atoms with Crippen molar-refractivity contribution in [3.63, 3.8) is 0 Å². The minimum atomic E-state index is -0.282. The highest BCUT2D eigenvalue weighted by Crippen LogP contribution is 1.99. The van der Waals surface area contributed by atoms with Crippen LogP contribution in [0.25, 0.3) is 0 Å². The number of aromatic nitrogens is 1. The van der Waals surface area contributed by atoms with Crippen LogP contribution in [0.2, 0.25) is 0 Å². The molecule has 6 heteroatoms. The molecule has 1 aromatic heterocycles. The Morgan fingerprint density at radius 1 is 1.20 bits per heavy atom. The SMILES string of the molecule is Cc1nc(CNC(=O)CNC(=O)c2ccccc2)co1. The molecule has 2 N–H and O–H groups in total. The van der Waals surface area contributed by atoms with Gasteiger partial charge in [-0.15, -0.1) is 0 Å². The standard InChI is InChI=1S/C14H15N3O3/c1-10-17-12(9-20-10)7-15-13(18)8-16-14(19)11-5-3-2-4-6-11/h2-6,9H,7-8H2,1H3,(H,15,18)(H,16,19). The van der Waals surface area contributed by atoms with Crippen molar-refractivity contribution in [2.75, 3.05) is 6.54 Å². The summed E-state index contributed by atoms with van der Waals surface area (Å²) in [4.78, 5) is 27.3. The number of carbonyl (C=O) groups is 2. The molecule has 20 heavy (non-hydrogen) atoms. The number of oxazole rings is 1. The molecule has 2 aromatic rings. The number of rotatable bonds is 5. The van der Waals surface area contributed by atoms with Gasteiger partial charge in [0.25, 0.3) is 5.91 Å². The zero-order valence-electron chi connectivity index (χ0n) is 11.1. The summed E-state index contributed by atoms with van der Waals surface area (Å²) in [6.07, 6.45) is 1.48. The Labute approximate surface area is 116 Å². The van der Waals surface area contributed by atoms with E-state index in [4.69, 9.17) is 4.42 Å². The molecule has 0 saturated carbocycles. The summed E-state index contributed by atoms with van der Waals surface area (Å²) >= 11 is 0. The third-order valence-electron chi connectivity index (χ3n) is 2.58.